The maximum Gasteiger partial charge on any atom is 0.325 e. The van der Waals surface area contributed by atoms with Gasteiger partial charge in [0.2, 0.25) is 5.91 Å². The largest absolute Gasteiger partial charge is 0.463 e. The van der Waals surface area contributed by atoms with E-state index in [1.807, 2.05) is 6.26 Å². The van der Waals surface area contributed by atoms with Crippen LogP contribution in [0, 0.1) is 0 Å². The van der Waals surface area contributed by atoms with Crippen molar-refractivity contribution < 1.29 is 19.1 Å². The lowest BCUT2D eigenvalue weighted by Crippen LogP contribution is -2.30. The van der Waals surface area contributed by atoms with E-state index in [1.165, 1.54) is 6.92 Å². The van der Waals surface area contributed by atoms with Gasteiger partial charge in [-0.1, -0.05) is 0 Å². The van der Waals surface area contributed by atoms with E-state index in [-0.39, 0.29) is 18.2 Å². The Bertz CT molecular complexity index is 281. The van der Waals surface area contributed by atoms with E-state index >= 15 is 0 Å². The molecule has 0 saturated heterocycles. The van der Waals surface area contributed by atoms with E-state index in [4.69, 9.17) is 4.74 Å². The van der Waals surface area contributed by atoms with Crippen LogP contribution in [0.3, 0.4) is 0 Å². The zero-order valence-electron chi connectivity index (χ0n) is 11.0. The molecule has 0 saturated carbocycles. The monoisotopic (exact) mass is 275 g/mol. The highest BCUT2D eigenvalue weighted by molar-refractivity contribution is 7.98. The minimum absolute atomic E-state index is 0.0834. The van der Waals surface area contributed by atoms with Gasteiger partial charge in [-0.05, 0) is 26.0 Å². The Kier molecular flexibility index (Phi) is 10.4. The van der Waals surface area contributed by atoms with Crippen molar-refractivity contribution in [3.63, 3.8) is 0 Å². The van der Waals surface area contributed by atoms with Crippen LogP contribution in [0.25, 0.3) is 0 Å². The van der Waals surface area contributed by atoms with Crippen LogP contribution in [0.5, 0.6) is 0 Å². The first-order valence-corrected chi connectivity index (χ1v) is 7.36. The molecule has 0 aromatic rings. The Morgan fingerprint density at radius 1 is 1.17 bits per heavy atom. The van der Waals surface area contributed by atoms with Crippen molar-refractivity contribution in [2.24, 2.45) is 0 Å². The van der Waals surface area contributed by atoms with Gasteiger partial charge in [0.15, 0.2) is 0 Å². The van der Waals surface area contributed by atoms with E-state index in [1.54, 1.807) is 11.8 Å². The van der Waals surface area contributed by atoms with Crippen LogP contribution in [-0.4, -0.2) is 42.8 Å². The molecule has 18 heavy (non-hydrogen) atoms. The quantitative estimate of drug-likeness (QED) is 0.478. The van der Waals surface area contributed by atoms with Gasteiger partial charge in [-0.25, -0.2) is 0 Å². The molecule has 0 aromatic heterocycles. The van der Waals surface area contributed by atoms with Crippen molar-refractivity contribution in [2.75, 3.05) is 25.2 Å². The number of hydrogen-bond acceptors (Lipinski definition) is 5. The van der Waals surface area contributed by atoms with E-state index in [0.717, 1.165) is 5.75 Å². The topological polar surface area (TPSA) is 72.5 Å². The average molecular weight is 275 g/mol. The van der Waals surface area contributed by atoms with Crippen molar-refractivity contribution in [1.29, 1.82) is 0 Å². The van der Waals surface area contributed by atoms with E-state index in [0.29, 0.717) is 32.3 Å². The summed E-state index contributed by atoms with van der Waals surface area (Å²) in [7, 11) is 0. The first kappa shape index (κ1) is 17.0. The molecule has 1 amide bonds. The first-order chi connectivity index (χ1) is 8.56. The molecule has 0 aliphatic carbocycles. The molecule has 1 N–H and O–H groups in total. The van der Waals surface area contributed by atoms with E-state index < -0.39 is 5.97 Å². The van der Waals surface area contributed by atoms with Gasteiger partial charge in [-0.3, -0.25) is 9.59 Å². The number of ether oxygens (including phenoxy) is 1. The molecule has 0 bridgehead atoms. The van der Waals surface area contributed by atoms with Crippen molar-refractivity contribution in [2.45, 2.75) is 32.6 Å². The lowest BCUT2D eigenvalue weighted by atomic mass is 10.1. The Balaban J connectivity index is 3.46. The second-order valence-corrected chi connectivity index (χ2v) is 4.88. The minimum Gasteiger partial charge on any atom is -0.463 e. The number of carbonyl (C=O) groups excluding carboxylic acids is 3. The van der Waals surface area contributed by atoms with Crippen LogP contribution in [0.4, 0.5) is 0 Å². The molecule has 0 unspecified atom stereocenters. The Morgan fingerprint density at radius 2 is 1.83 bits per heavy atom. The molecule has 6 heteroatoms. The summed E-state index contributed by atoms with van der Waals surface area (Å²) in [4.78, 5) is 33.1. The maximum atomic E-state index is 11.3. The van der Waals surface area contributed by atoms with Gasteiger partial charge >= 0.3 is 5.97 Å². The summed E-state index contributed by atoms with van der Waals surface area (Å²) >= 11 is 1.59. The summed E-state index contributed by atoms with van der Waals surface area (Å²) in [6.45, 7) is 1.82. The Morgan fingerprint density at radius 3 is 2.44 bits per heavy atom. The third-order valence-corrected chi connectivity index (χ3v) is 2.74. The van der Waals surface area contributed by atoms with Gasteiger partial charge in [-0.2, -0.15) is 11.8 Å². The van der Waals surface area contributed by atoms with E-state index in [9.17, 15) is 14.4 Å². The van der Waals surface area contributed by atoms with Gasteiger partial charge in [0.05, 0.1) is 0 Å². The molecule has 0 rings (SSSR count). The molecule has 0 heterocycles. The van der Waals surface area contributed by atoms with Crippen LogP contribution in [-0.2, 0) is 19.1 Å². The zero-order valence-corrected chi connectivity index (χ0v) is 11.8. The van der Waals surface area contributed by atoms with Crippen LogP contribution >= 0.6 is 11.8 Å². The third-order valence-electron chi connectivity index (χ3n) is 2.16. The highest BCUT2D eigenvalue weighted by Gasteiger charge is 2.06. The summed E-state index contributed by atoms with van der Waals surface area (Å²) in [5.74, 6) is 0.291. The molecular formula is C12H21NO4S. The zero-order chi connectivity index (χ0) is 13.8. The van der Waals surface area contributed by atoms with Gasteiger partial charge in [-0.15, -0.1) is 0 Å². The van der Waals surface area contributed by atoms with E-state index in [2.05, 4.69) is 5.32 Å². The summed E-state index contributed by atoms with van der Waals surface area (Å²) in [6, 6.07) is 0. The SMILES string of the molecule is CSCCOC(=O)CNC(=O)CCCCC(C)=O. The highest BCUT2D eigenvalue weighted by Crippen LogP contribution is 2.00. The van der Waals surface area contributed by atoms with Crippen molar-refractivity contribution in [1.82, 2.24) is 5.32 Å². The second-order valence-electron chi connectivity index (χ2n) is 3.90. The highest BCUT2D eigenvalue weighted by atomic mass is 32.2. The molecule has 0 atom stereocenters. The van der Waals surface area contributed by atoms with Crippen molar-refractivity contribution in [3.05, 3.63) is 0 Å². The standard InChI is InChI=1S/C12H21NO4S/c1-10(14)5-3-4-6-11(15)13-9-12(16)17-7-8-18-2/h3-9H2,1-2H3,(H,13,15). The summed E-state index contributed by atoms with van der Waals surface area (Å²) in [5.41, 5.74) is 0. The maximum absolute atomic E-state index is 11.3. The number of amides is 1. The van der Waals surface area contributed by atoms with Crippen molar-refractivity contribution >= 4 is 29.4 Å². The van der Waals surface area contributed by atoms with Crippen LogP contribution in [0.2, 0.25) is 0 Å². The smallest absolute Gasteiger partial charge is 0.325 e. The minimum atomic E-state index is -0.416. The lowest BCUT2D eigenvalue weighted by Gasteiger charge is -2.05. The predicted molar refractivity (Wildman–Crippen MR) is 71.5 cm³/mol. The van der Waals surface area contributed by atoms with Crippen LogP contribution in [0.15, 0.2) is 0 Å². The summed E-state index contributed by atoms with van der Waals surface area (Å²) < 4.78 is 4.87. The number of carbonyl (C=O) groups is 3. The lowest BCUT2D eigenvalue weighted by molar-refractivity contribution is -0.143. The predicted octanol–water partition coefficient (Wildman–Crippen LogP) is 1.16. The van der Waals surface area contributed by atoms with Gasteiger partial charge in [0, 0.05) is 18.6 Å². The van der Waals surface area contributed by atoms with Gasteiger partial charge in [0.1, 0.15) is 18.9 Å². The van der Waals surface area contributed by atoms with Crippen LogP contribution < -0.4 is 5.32 Å². The summed E-state index contributed by atoms with van der Waals surface area (Å²) in [5, 5.41) is 2.49. The fourth-order valence-corrected chi connectivity index (χ4v) is 1.46. The number of Topliss-reactive ketones (excluding diaryl/α,β-unsaturated/α-hetero) is 1. The fraction of sp³-hybridized carbons (Fsp3) is 0.750. The summed E-state index contributed by atoms with van der Waals surface area (Å²) in [6.07, 6.45) is 4.14. The molecular weight excluding hydrogens is 254 g/mol. The number of nitrogens with one attached hydrogen (secondary N) is 1. The molecule has 0 fully saturated rings. The van der Waals surface area contributed by atoms with Crippen LogP contribution in [0.1, 0.15) is 32.6 Å². The average Bonchev–Trinajstić information content (AvgIpc) is 2.32. The van der Waals surface area contributed by atoms with Crippen molar-refractivity contribution in [3.8, 4) is 0 Å². The number of rotatable bonds is 10. The first-order valence-electron chi connectivity index (χ1n) is 5.97. The molecule has 0 aliphatic rings. The number of thioether (sulfide) groups is 1. The molecule has 0 radical (unpaired) electrons. The molecule has 5 nitrogen and oxygen atoms in total. The third kappa shape index (κ3) is 11.4. The normalized spacial score (nSPS) is 9.89. The Hall–Kier alpha value is -1.04. The molecule has 0 aromatic carbocycles. The molecule has 0 spiro atoms. The number of esters is 1. The number of hydrogen-bond donors (Lipinski definition) is 1. The fourth-order valence-electron chi connectivity index (χ4n) is 1.21. The number of ketones is 1. The molecule has 104 valence electrons. The van der Waals surface area contributed by atoms with Gasteiger partial charge < -0.3 is 14.8 Å². The Labute approximate surface area is 112 Å². The second kappa shape index (κ2) is 11.1. The number of unbranched alkanes of at least 4 members (excludes halogenated alkanes) is 1. The molecule has 0 aliphatic heterocycles. The van der Waals surface area contributed by atoms with Gasteiger partial charge in [0.25, 0.3) is 0 Å².